The van der Waals surface area contributed by atoms with E-state index in [1.165, 1.54) is 3.57 Å². The highest BCUT2D eigenvalue weighted by Gasteiger charge is 1.96. The topological polar surface area (TPSA) is 12.0 Å². The van der Waals surface area contributed by atoms with Gasteiger partial charge in [0.25, 0.3) is 0 Å². The Kier molecular flexibility index (Phi) is 3.51. The van der Waals surface area contributed by atoms with E-state index in [2.05, 4.69) is 56.1 Å². The molecule has 1 aromatic rings. The molecule has 0 aliphatic carbocycles. The molecule has 0 aliphatic heterocycles. The van der Waals surface area contributed by atoms with Gasteiger partial charge in [-0.15, -0.1) is 0 Å². The molecule has 0 amide bonds. The summed E-state index contributed by atoms with van der Waals surface area (Å²) in [7, 11) is 0. The first-order chi connectivity index (χ1) is 4.74. The summed E-state index contributed by atoms with van der Waals surface area (Å²) in [5, 5.41) is 0. The van der Waals surface area contributed by atoms with Crippen LogP contribution in [0.15, 0.2) is 18.2 Å². The van der Waals surface area contributed by atoms with Gasteiger partial charge < -0.3 is 0 Å². The Morgan fingerprint density at radius 3 is 2.50 bits per heavy atom. The van der Waals surface area contributed by atoms with Gasteiger partial charge in [0.1, 0.15) is 0 Å². The fourth-order valence-electron chi connectivity index (χ4n) is 0.566. The Morgan fingerprint density at radius 2 is 2.00 bits per heavy atom. The zero-order valence-electron chi connectivity index (χ0n) is 4.87. The second-order valence-electron chi connectivity index (χ2n) is 1.72. The number of halogens is 3. The lowest BCUT2D eigenvalue weighted by Crippen LogP contribution is -1.84. The van der Waals surface area contributed by atoms with Gasteiger partial charge >= 0.3 is 0 Å². The van der Waals surface area contributed by atoms with Crippen molar-refractivity contribution in [3.63, 3.8) is 0 Å². The van der Waals surface area contributed by atoms with Crippen molar-refractivity contribution in [2.75, 3.05) is 4.84 Å². The Labute approximate surface area is 91.9 Å². The van der Waals surface area contributed by atoms with Crippen molar-refractivity contribution < 1.29 is 0 Å². The fourth-order valence-corrected chi connectivity index (χ4v) is 2.63. The average Bonchev–Trinajstić information content (AvgIpc) is 1.88. The van der Waals surface area contributed by atoms with Gasteiger partial charge in [0, 0.05) is 18.9 Å². The highest BCUT2D eigenvalue weighted by Crippen LogP contribution is 2.20. The molecule has 1 N–H and O–H groups in total. The Bertz CT molecular complexity index is 239. The van der Waals surface area contributed by atoms with E-state index in [-0.39, 0.29) is 0 Å². The van der Waals surface area contributed by atoms with Crippen molar-refractivity contribution in [3.8, 4) is 0 Å². The predicted molar refractivity (Wildman–Crippen MR) is 61.4 cm³/mol. The molecule has 0 radical (unpaired) electrons. The molecule has 4 heteroatoms. The van der Waals surface area contributed by atoms with Crippen molar-refractivity contribution in [2.24, 2.45) is 0 Å². The van der Waals surface area contributed by atoms with Gasteiger partial charge in [-0.1, -0.05) is 0 Å². The molecule has 10 heavy (non-hydrogen) atoms. The van der Waals surface area contributed by atoms with Crippen LogP contribution >= 0.6 is 57.0 Å². The normalized spacial score (nSPS) is 9.50. The van der Waals surface area contributed by atoms with Crippen LogP contribution in [0.4, 0.5) is 5.69 Å². The largest absolute Gasteiger partial charge is 0.297 e. The van der Waals surface area contributed by atoms with Crippen LogP contribution in [0.2, 0.25) is 0 Å². The minimum atomic E-state index is 0.961. The smallest absolute Gasteiger partial charge is 0.0625 e. The van der Waals surface area contributed by atoms with Gasteiger partial charge in [-0.05, 0) is 63.4 Å². The van der Waals surface area contributed by atoms with Crippen LogP contribution in [0.5, 0.6) is 0 Å². The van der Waals surface area contributed by atoms with E-state index >= 15 is 0 Å². The summed E-state index contributed by atoms with van der Waals surface area (Å²) in [4.78, 5) is 2.58. The average molecular weight is 379 g/mol. The molecule has 54 valence electrons. The number of anilines is 1. The van der Waals surface area contributed by atoms with Gasteiger partial charge in [-0.3, -0.25) is 4.84 Å². The molecule has 0 saturated carbocycles. The van der Waals surface area contributed by atoms with Gasteiger partial charge in [-0.2, -0.15) is 0 Å². The summed E-state index contributed by atoms with van der Waals surface area (Å²) in [6, 6.07) is 6.02. The van der Waals surface area contributed by atoms with Crippen LogP contribution in [-0.2, 0) is 0 Å². The summed E-state index contributed by atoms with van der Waals surface area (Å²) in [5.74, 6) is 0. The molecule has 0 aliphatic rings. The second-order valence-corrected chi connectivity index (χ2v) is 4.32. The summed E-state index contributed by atoms with van der Waals surface area (Å²) in [5.41, 5.74) is 0.961. The first-order valence-electron chi connectivity index (χ1n) is 2.55. The molecule has 0 saturated heterocycles. The van der Waals surface area contributed by atoms with Crippen molar-refractivity contribution >= 4 is 62.6 Å². The van der Waals surface area contributed by atoms with Gasteiger partial charge in [-0.25, -0.2) is 0 Å². The Morgan fingerprint density at radius 1 is 1.30 bits per heavy atom. The van der Waals surface area contributed by atoms with Gasteiger partial charge in [0.05, 0.1) is 5.69 Å². The van der Waals surface area contributed by atoms with Crippen LogP contribution in [0.1, 0.15) is 0 Å². The first kappa shape index (κ1) is 8.86. The summed E-state index contributed by atoms with van der Waals surface area (Å²) < 4.78 is 2.36. The zero-order chi connectivity index (χ0) is 7.56. The van der Waals surface area contributed by atoms with E-state index in [4.69, 9.17) is 11.8 Å². The molecule has 0 spiro atoms. The molecular formula is C6H4ClI2N. The highest BCUT2D eigenvalue weighted by atomic mass is 127. The number of hydrogen-bond acceptors (Lipinski definition) is 1. The summed E-state index contributed by atoms with van der Waals surface area (Å²) in [6.07, 6.45) is 0. The Balaban J connectivity index is 3.07. The third-order valence-corrected chi connectivity index (χ3v) is 2.80. The van der Waals surface area contributed by atoms with Crippen LogP contribution in [0.25, 0.3) is 0 Å². The van der Waals surface area contributed by atoms with Gasteiger partial charge in [0.2, 0.25) is 0 Å². The lowest BCUT2D eigenvalue weighted by Gasteiger charge is -2.00. The zero-order valence-corrected chi connectivity index (χ0v) is 9.94. The maximum atomic E-state index is 5.43. The van der Waals surface area contributed by atoms with Crippen molar-refractivity contribution in [1.82, 2.24) is 0 Å². The maximum Gasteiger partial charge on any atom is 0.0625 e. The van der Waals surface area contributed by atoms with E-state index in [1.807, 2.05) is 12.1 Å². The molecule has 1 nitrogen and oxygen atoms in total. The minimum absolute atomic E-state index is 0.961. The lowest BCUT2D eigenvalue weighted by molar-refractivity contribution is 1.58. The number of rotatable bonds is 1. The van der Waals surface area contributed by atoms with E-state index in [0.717, 1.165) is 9.26 Å². The molecule has 0 bridgehead atoms. The van der Waals surface area contributed by atoms with Crippen molar-refractivity contribution in [1.29, 1.82) is 0 Å². The molecule has 1 aromatic carbocycles. The van der Waals surface area contributed by atoms with Crippen molar-refractivity contribution in [2.45, 2.75) is 0 Å². The maximum absolute atomic E-state index is 5.43. The van der Waals surface area contributed by atoms with E-state index < -0.39 is 0 Å². The molecule has 0 aromatic heterocycles. The second kappa shape index (κ2) is 3.96. The van der Waals surface area contributed by atoms with Crippen LogP contribution in [0, 0.1) is 7.14 Å². The van der Waals surface area contributed by atoms with Crippen LogP contribution < -0.4 is 4.84 Å². The van der Waals surface area contributed by atoms with Crippen LogP contribution in [0.3, 0.4) is 0 Å². The summed E-state index contributed by atoms with van der Waals surface area (Å²) in [6.45, 7) is 0. The first-order valence-corrected chi connectivity index (χ1v) is 5.09. The number of nitrogens with one attached hydrogen (secondary N) is 1. The standard InChI is InChI=1S/C6H4ClI2N/c7-10-6-2-1-4(8)3-5(6)9/h1-3,10H. The molecule has 0 heterocycles. The monoisotopic (exact) mass is 379 g/mol. The van der Waals surface area contributed by atoms with E-state index in [0.29, 0.717) is 0 Å². The summed E-state index contributed by atoms with van der Waals surface area (Å²) >= 11 is 9.92. The van der Waals surface area contributed by atoms with Gasteiger partial charge in [0.15, 0.2) is 0 Å². The molecule has 0 fully saturated rings. The molecular weight excluding hydrogens is 375 g/mol. The quantitative estimate of drug-likeness (QED) is 0.582. The third-order valence-electron chi connectivity index (χ3n) is 1.03. The van der Waals surface area contributed by atoms with Crippen molar-refractivity contribution in [3.05, 3.63) is 25.3 Å². The Hall–Kier alpha value is 0.770. The predicted octanol–water partition coefficient (Wildman–Crippen LogP) is 3.46. The lowest BCUT2D eigenvalue weighted by atomic mass is 10.3. The minimum Gasteiger partial charge on any atom is -0.297 e. The van der Waals surface area contributed by atoms with E-state index in [9.17, 15) is 0 Å². The molecule has 1 rings (SSSR count). The van der Waals surface area contributed by atoms with Crippen LogP contribution in [-0.4, -0.2) is 0 Å². The number of benzene rings is 1. The number of hydrogen-bond donors (Lipinski definition) is 1. The molecule has 0 unspecified atom stereocenters. The third kappa shape index (κ3) is 2.13. The fraction of sp³-hybridized carbons (Fsp3) is 0. The van der Waals surface area contributed by atoms with E-state index in [1.54, 1.807) is 0 Å². The molecule has 0 atom stereocenters. The highest BCUT2D eigenvalue weighted by molar-refractivity contribution is 14.1. The SMILES string of the molecule is ClNc1ccc(I)cc1I.